The van der Waals surface area contributed by atoms with E-state index in [1.54, 1.807) is 0 Å². The van der Waals surface area contributed by atoms with Gasteiger partial charge in [-0.15, -0.1) is 0 Å². The van der Waals surface area contributed by atoms with E-state index in [1.807, 2.05) is 30.3 Å². The normalized spacial score (nSPS) is 10.5. The van der Waals surface area contributed by atoms with Crippen molar-refractivity contribution in [3.05, 3.63) is 51.6 Å². The average molecular weight is 339 g/mol. The molecule has 3 nitrogen and oxygen atoms in total. The number of hydrogen-bond donors (Lipinski definition) is 0. The maximum atomic E-state index is 11.5. The van der Waals surface area contributed by atoms with Crippen LogP contribution in [0, 0.1) is 14.9 Å². The molecule has 0 unspecified atom stereocenters. The van der Waals surface area contributed by atoms with E-state index in [2.05, 4.69) is 29.2 Å². The highest BCUT2D eigenvalue weighted by molar-refractivity contribution is 14.1. The molecule has 86 valence electrons. The number of carbonyl (C=O) groups excluding carboxylic acids is 1. The summed E-state index contributed by atoms with van der Waals surface area (Å²) in [5.74, 6) is -0.632. The molecule has 0 atom stereocenters. The molecule has 4 heteroatoms. The van der Waals surface area contributed by atoms with Crippen molar-refractivity contribution in [1.82, 2.24) is 0 Å². The predicted octanol–water partition coefficient (Wildman–Crippen LogP) is 2.93. The molecule has 1 aromatic rings. The van der Waals surface area contributed by atoms with Crippen molar-refractivity contribution in [2.75, 3.05) is 6.61 Å². The van der Waals surface area contributed by atoms with E-state index in [9.17, 15) is 4.79 Å². The number of halogens is 1. The van der Waals surface area contributed by atoms with Crippen LogP contribution in [0.4, 0.5) is 0 Å². The van der Waals surface area contributed by atoms with E-state index in [4.69, 9.17) is 10.00 Å². The number of hydrogen-bond acceptors (Lipinski definition) is 3. The molecule has 0 radical (unpaired) electrons. The molecule has 0 heterocycles. The molecule has 0 amide bonds. The Morgan fingerprint density at radius 3 is 2.82 bits per heavy atom. The molecular formula is C13H10INO2. The summed E-state index contributed by atoms with van der Waals surface area (Å²) in [6.07, 6.45) is 2.98. The second-order valence-electron chi connectivity index (χ2n) is 3.08. The molecule has 0 N–H and O–H groups in total. The monoisotopic (exact) mass is 339 g/mol. The first-order chi connectivity index (χ1) is 8.19. The van der Waals surface area contributed by atoms with Gasteiger partial charge in [0.15, 0.2) is 0 Å². The van der Waals surface area contributed by atoms with Crippen molar-refractivity contribution in [3.63, 3.8) is 0 Å². The highest BCUT2D eigenvalue weighted by Crippen LogP contribution is 2.15. The quantitative estimate of drug-likeness (QED) is 0.279. The Hall–Kier alpha value is -1.61. The Balaban J connectivity index is 2.95. The molecule has 0 fully saturated rings. The van der Waals surface area contributed by atoms with Gasteiger partial charge < -0.3 is 4.74 Å². The summed E-state index contributed by atoms with van der Waals surface area (Å²) in [7, 11) is 0. The number of rotatable bonds is 4. The lowest BCUT2D eigenvalue weighted by atomic mass is 10.1. The van der Waals surface area contributed by atoms with Gasteiger partial charge in [0.2, 0.25) is 0 Å². The van der Waals surface area contributed by atoms with Gasteiger partial charge in [0, 0.05) is 3.57 Å². The topological polar surface area (TPSA) is 50.1 Å². The van der Waals surface area contributed by atoms with Gasteiger partial charge in [-0.2, -0.15) is 5.26 Å². The molecule has 0 bridgehead atoms. The van der Waals surface area contributed by atoms with Crippen LogP contribution < -0.4 is 0 Å². The highest BCUT2D eigenvalue weighted by Gasteiger charge is 2.10. The fourth-order valence-corrected chi connectivity index (χ4v) is 1.64. The second kappa shape index (κ2) is 6.86. The molecule has 1 aromatic carbocycles. The summed E-state index contributed by atoms with van der Waals surface area (Å²) in [6, 6.07) is 9.30. The van der Waals surface area contributed by atoms with E-state index in [-0.39, 0.29) is 12.2 Å². The van der Waals surface area contributed by atoms with E-state index in [0.29, 0.717) is 0 Å². The maximum absolute atomic E-state index is 11.5. The van der Waals surface area contributed by atoms with E-state index < -0.39 is 5.97 Å². The third-order valence-electron chi connectivity index (χ3n) is 1.88. The Morgan fingerprint density at radius 2 is 2.24 bits per heavy atom. The van der Waals surface area contributed by atoms with Gasteiger partial charge in [-0.25, -0.2) is 4.79 Å². The Labute approximate surface area is 114 Å². The number of nitriles is 1. The third-order valence-corrected chi connectivity index (χ3v) is 2.86. The van der Waals surface area contributed by atoms with Crippen LogP contribution in [0.1, 0.15) is 5.56 Å². The predicted molar refractivity (Wildman–Crippen MR) is 73.9 cm³/mol. The molecule has 1 rings (SSSR count). The fourth-order valence-electron chi connectivity index (χ4n) is 1.10. The lowest BCUT2D eigenvalue weighted by Gasteiger charge is -2.01. The molecule has 17 heavy (non-hydrogen) atoms. The molecule has 0 aliphatic heterocycles. The summed E-state index contributed by atoms with van der Waals surface area (Å²) in [6.45, 7) is 3.54. The number of benzene rings is 1. The maximum Gasteiger partial charge on any atom is 0.349 e. The summed E-state index contributed by atoms with van der Waals surface area (Å²) in [4.78, 5) is 11.5. The number of nitrogens with zero attached hydrogens (tertiary/aromatic N) is 1. The van der Waals surface area contributed by atoms with Crippen molar-refractivity contribution in [2.24, 2.45) is 0 Å². The zero-order valence-electron chi connectivity index (χ0n) is 9.02. The smallest absolute Gasteiger partial charge is 0.349 e. The lowest BCUT2D eigenvalue weighted by molar-refractivity contribution is -0.137. The number of ether oxygens (including phenoxy) is 1. The van der Waals surface area contributed by atoms with Crippen LogP contribution >= 0.6 is 22.6 Å². The van der Waals surface area contributed by atoms with Gasteiger partial charge in [0.25, 0.3) is 0 Å². The average Bonchev–Trinajstić information content (AvgIpc) is 2.35. The van der Waals surface area contributed by atoms with E-state index in [0.717, 1.165) is 9.13 Å². The van der Waals surface area contributed by atoms with Crippen LogP contribution in [0.2, 0.25) is 0 Å². The molecule has 0 spiro atoms. The molecular weight excluding hydrogens is 329 g/mol. The second-order valence-corrected chi connectivity index (χ2v) is 4.24. The SMILES string of the molecule is C=CCOC(=O)/C(C#N)=C\c1ccccc1I. The van der Waals surface area contributed by atoms with Crippen molar-refractivity contribution >= 4 is 34.6 Å². The molecule has 0 aromatic heterocycles. The zero-order chi connectivity index (χ0) is 12.7. The van der Waals surface area contributed by atoms with Crippen LogP contribution in [0.3, 0.4) is 0 Å². The van der Waals surface area contributed by atoms with E-state index >= 15 is 0 Å². The van der Waals surface area contributed by atoms with Crippen molar-refractivity contribution in [1.29, 1.82) is 5.26 Å². The first-order valence-corrected chi connectivity index (χ1v) is 5.91. The first kappa shape index (κ1) is 13.5. The van der Waals surface area contributed by atoms with Gasteiger partial charge in [-0.05, 0) is 40.3 Å². The van der Waals surface area contributed by atoms with Gasteiger partial charge in [-0.1, -0.05) is 30.9 Å². The van der Waals surface area contributed by atoms with Crippen molar-refractivity contribution in [3.8, 4) is 6.07 Å². The third kappa shape index (κ3) is 4.04. The highest BCUT2D eigenvalue weighted by atomic mass is 127. The lowest BCUT2D eigenvalue weighted by Crippen LogP contribution is -2.06. The summed E-state index contributed by atoms with van der Waals surface area (Å²) >= 11 is 2.14. The van der Waals surface area contributed by atoms with Crippen LogP contribution in [-0.4, -0.2) is 12.6 Å². The Bertz CT molecular complexity index is 500. The largest absolute Gasteiger partial charge is 0.457 e. The Kier molecular flexibility index (Phi) is 5.43. The van der Waals surface area contributed by atoms with Crippen LogP contribution in [0.5, 0.6) is 0 Å². The summed E-state index contributed by atoms with van der Waals surface area (Å²) in [5.41, 5.74) is 0.802. The van der Waals surface area contributed by atoms with Crippen molar-refractivity contribution < 1.29 is 9.53 Å². The molecule has 0 aliphatic carbocycles. The van der Waals surface area contributed by atoms with Crippen LogP contribution in [0.15, 0.2) is 42.5 Å². The van der Waals surface area contributed by atoms with Gasteiger partial charge >= 0.3 is 5.97 Å². The summed E-state index contributed by atoms with van der Waals surface area (Å²) in [5, 5.41) is 8.90. The van der Waals surface area contributed by atoms with Gasteiger partial charge in [-0.3, -0.25) is 0 Å². The van der Waals surface area contributed by atoms with Gasteiger partial charge in [0.1, 0.15) is 18.2 Å². The van der Waals surface area contributed by atoms with Crippen LogP contribution in [0.25, 0.3) is 6.08 Å². The standard InChI is InChI=1S/C13H10INO2/c1-2-7-17-13(16)11(9-15)8-10-5-3-4-6-12(10)14/h2-6,8H,1,7H2/b11-8-. The minimum atomic E-state index is -0.632. The fraction of sp³-hybridized carbons (Fsp3) is 0.0769. The minimum absolute atomic E-state index is 0.0176. The van der Waals surface area contributed by atoms with E-state index in [1.165, 1.54) is 12.2 Å². The number of carbonyl (C=O) groups is 1. The zero-order valence-corrected chi connectivity index (χ0v) is 11.2. The summed E-state index contributed by atoms with van der Waals surface area (Å²) < 4.78 is 5.77. The molecule has 0 aliphatic rings. The number of esters is 1. The van der Waals surface area contributed by atoms with Crippen molar-refractivity contribution in [2.45, 2.75) is 0 Å². The Morgan fingerprint density at radius 1 is 1.53 bits per heavy atom. The molecule has 0 saturated heterocycles. The molecule has 0 saturated carbocycles. The van der Waals surface area contributed by atoms with Gasteiger partial charge in [0.05, 0.1) is 0 Å². The first-order valence-electron chi connectivity index (χ1n) is 4.83. The van der Waals surface area contributed by atoms with Crippen LogP contribution in [-0.2, 0) is 9.53 Å². The minimum Gasteiger partial charge on any atom is -0.457 e.